The van der Waals surface area contributed by atoms with Gasteiger partial charge >= 0.3 is 16.2 Å². The first-order valence-electron chi connectivity index (χ1n) is 5.27. The number of nitrogens with zero attached hydrogens (tertiary/aromatic N) is 3. The van der Waals surface area contributed by atoms with Crippen molar-refractivity contribution < 1.29 is 18.0 Å². The fourth-order valence-electron chi connectivity index (χ4n) is 1.69. The summed E-state index contributed by atoms with van der Waals surface area (Å²) < 4.78 is 23.6. The molecule has 0 saturated heterocycles. The summed E-state index contributed by atoms with van der Waals surface area (Å²) in [6.07, 6.45) is 4.17. The van der Waals surface area contributed by atoms with Crippen molar-refractivity contribution in [3.63, 3.8) is 0 Å². The average Bonchev–Trinajstić information content (AvgIpc) is 2.84. The Bertz CT molecular complexity index is 752. The number of oxime groups is 1. The zero-order valence-electron chi connectivity index (χ0n) is 10.1. The lowest BCUT2D eigenvalue weighted by Crippen LogP contribution is -2.25. The van der Waals surface area contributed by atoms with Crippen LogP contribution in [0.2, 0.25) is 0 Å². The lowest BCUT2D eigenvalue weighted by molar-refractivity contribution is 0.0514. The van der Waals surface area contributed by atoms with E-state index in [9.17, 15) is 13.2 Å². The maximum absolute atomic E-state index is 11.9. The molecule has 0 saturated carbocycles. The molecule has 0 aromatic carbocycles. The summed E-state index contributed by atoms with van der Waals surface area (Å²) in [4.78, 5) is 20.1. The Morgan fingerprint density at radius 1 is 1.35 bits per heavy atom. The fraction of sp³-hybridized carbons (Fsp3) is 0. The van der Waals surface area contributed by atoms with Gasteiger partial charge in [0.1, 0.15) is 0 Å². The average molecular weight is 294 g/mol. The van der Waals surface area contributed by atoms with Crippen molar-refractivity contribution in [3.05, 3.63) is 42.5 Å². The normalized spacial score (nSPS) is 11.1. The number of carbonyl (C=O) groups excluding carboxylic acids is 1. The predicted octanol–water partition coefficient (Wildman–Crippen LogP) is 0.374. The highest BCUT2D eigenvalue weighted by Gasteiger charge is 2.24. The van der Waals surface area contributed by atoms with Crippen molar-refractivity contribution in [2.24, 2.45) is 10.3 Å². The van der Waals surface area contributed by atoms with Crippen LogP contribution in [0.25, 0.3) is 11.1 Å². The Balaban J connectivity index is 2.68. The number of aromatic nitrogens is 2. The van der Waals surface area contributed by atoms with Gasteiger partial charge in [0, 0.05) is 30.9 Å². The summed E-state index contributed by atoms with van der Waals surface area (Å²) >= 11 is 0. The van der Waals surface area contributed by atoms with Gasteiger partial charge in [-0.2, -0.15) is 8.42 Å². The molecular formula is C11H10N4O4S. The molecule has 0 radical (unpaired) electrons. The smallest absolute Gasteiger partial charge is 0.312 e. The summed E-state index contributed by atoms with van der Waals surface area (Å²) in [6, 6.07) is 4.65. The van der Waals surface area contributed by atoms with Crippen molar-refractivity contribution in [2.75, 3.05) is 0 Å². The minimum Gasteiger partial charge on any atom is -0.312 e. The summed E-state index contributed by atoms with van der Waals surface area (Å²) in [6.45, 7) is 3.01. The van der Waals surface area contributed by atoms with Gasteiger partial charge in [-0.3, -0.25) is 4.98 Å². The second kappa shape index (κ2) is 5.23. The molecule has 2 N–H and O–H groups in total. The third kappa shape index (κ3) is 2.58. The molecule has 104 valence electrons. The summed E-state index contributed by atoms with van der Waals surface area (Å²) in [5.74, 6) is -0.981. The molecule has 2 aromatic rings. The van der Waals surface area contributed by atoms with Crippen molar-refractivity contribution >= 4 is 22.9 Å². The maximum atomic E-state index is 11.9. The van der Waals surface area contributed by atoms with E-state index in [1.807, 2.05) is 0 Å². The van der Waals surface area contributed by atoms with Gasteiger partial charge in [-0.25, -0.2) is 13.9 Å². The number of hydrogen-bond acceptors (Lipinski definition) is 6. The molecule has 0 spiro atoms. The number of nitrogens with two attached hydrogens (primary N) is 1. The van der Waals surface area contributed by atoms with Crippen molar-refractivity contribution in [2.45, 2.75) is 0 Å². The molecule has 8 nitrogen and oxygen atoms in total. The largest absolute Gasteiger partial charge is 0.383 e. The topological polar surface area (TPSA) is 117 Å². The van der Waals surface area contributed by atoms with Crippen LogP contribution in [0.5, 0.6) is 0 Å². The highest BCUT2D eigenvalue weighted by molar-refractivity contribution is 7.87. The molecular weight excluding hydrogens is 284 g/mol. The molecule has 0 unspecified atom stereocenters. The van der Waals surface area contributed by atoms with E-state index in [0.29, 0.717) is 15.1 Å². The summed E-state index contributed by atoms with van der Waals surface area (Å²) in [7, 11) is -4.15. The molecule has 9 heteroatoms. The lowest BCUT2D eigenvalue weighted by Gasteiger charge is -2.06. The van der Waals surface area contributed by atoms with E-state index in [1.165, 1.54) is 18.5 Å². The molecule has 0 bridgehead atoms. The molecule has 0 fully saturated rings. The van der Waals surface area contributed by atoms with Crippen LogP contribution in [-0.4, -0.2) is 30.1 Å². The highest BCUT2D eigenvalue weighted by Crippen LogP contribution is 2.25. The Morgan fingerprint density at radius 3 is 2.55 bits per heavy atom. The summed E-state index contributed by atoms with van der Waals surface area (Å²) in [5, 5.41) is 8.04. The van der Waals surface area contributed by atoms with E-state index in [0.717, 1.165) is 6.20 Å². The molecule has 2 rings (SSSR count). The number of pyridine rings is 1. The third-order valence-corrected chi connectivity index (χ3v) is 3.31. The zero-order valence-corrected chi connectivity index (χ0v) is 10.9. The minimum absolute atomic E-state index is 0.258. The minimum atomic E-state index is -4.15. The van der Waals surface area contributed by atoms with E-state index in [4.69, 9.17) is 5.14 Å². The van der Waals surface area contributed by atoms with Gasteiger partial charge in [-0.1, -0.05) is 5.16 Å². The lowest BCUT2D eigenvalue weighted by atomic mass is 10.1. The van der Waals surface area contributed by atoms with Gasteiger partial charge in [-0.05, 0) is 23.8 Å². The van der Waals surface area contributed by atoms with E-state index >= 15 is 0 Å². The molecule has 2 aromatic heterocycles. The van der Waals surface area contributed by atoms with Gasteiger partial charge in [0.2, 0.25) is 0 Å². The van der Waals surface area contributed by atoms with Crippen LogP contribution in [0.3, 0.4) is 0 Å². The van der Waals surface area contributed by atoms with Gasteiger partial charge in [0.25, 0.3) is 0 Å². The van der Waals surface area contributed by atoms with Crippen LogP contribution in [0.1, 0.15) is 10.5 Å². The second-order valence-corrected chi connectivity index (χ2v) is 5.09. The first-order valence-corrected chi connectivity index (χ1v) is 6.78. The molecule has 20 heavy (non-hydrogen) atoms. The fourth-order valence-corrected chi connectivity index (χ4v) is 2.35. The van der Waals surface area contributed by atoms with Crippen LogP contribution in [-0.2, 0) is 15.0 Å². The number of rotatable bonds is 4. The first kappa shape index (κ1) is 13.9. The van der Waals surface area contributed by atoms with Crippen LogP contribution < -0.4 is 5.14 Å². The predicted molar refractivity (Wildman–Crippen MR) is 71.1 cm³/mol. The Morgan fingerprint density at radius 2 is 2.00 bits per heavy atom. The van der Waals surface area contributed by atoms with E-state index in [1.54, 1.807) is 12.1 Å². The van der Waals surface area contributed by atoms with Gasteiger partial charge in [0.05, 0.1) is 0 Å². The first-order chi connectivity index (χ1) is 9.45. The van der Waals surface area contributed by atoms with Gasteiger partial charge in [0.15, 0.2) is 5.69 Å². The number of carbonyl (C=O) groups is 1. The maximum Gasteiger partial charge on any atom is 0.383 e. The third-order valence-electron chi connectivity index (χ3n) is 2.46. The molecule has 0 aliphatic carbocycles. The molecule has 0 atom stereocenters. The summed E-state index contributed by atoms with van der Waals surface area (Å²) in [5.41, 5.74) is 0.652. The van der Waals surface area contributed by atoms with Gasteiger partial charge in [-0.15, -0.1) is 0 Å². The monoisotopic (exact) mass is 294 g/mol. The molecule has 0 amide bonds. The standard InChI is InChI=1S/C11H10N4O4S/c1-13-19-11(16)10-9(8-2-5-14-6-3-8)4-7-15(10)20(12,17)18/h2-7H,1H2,(H2,12,17,18). The van der Waals surface area contributed by atoms with Crippen LogP contribution in [0.15, 0.2) is 41.9 Å². The van der Waals surface area contributed by atoms with Gasteiger partial charge < -0.3 is 4.84 Å². The van der Waals surface area contributed by atoms with Crippen LogP contribution >= 0.6 is 0 Å². The Kier molecular flexibility index (Phi) is 3.63. The SMILES string of the molecule is C=NOC(=O)c1c(-c2ccncc2)ccn1S(N)(=O)=O. The van der Waals surface area contributed by atoms with Crippen molar-refractivity contribution in [1.29, 1.82) is 0 Å². The molecule has 0 aliphatic heterocycles. The van der Waals surface area contributed by atoms with Crippen LogP contribution in [0.4, 0.5) is 0 Å². The Labute approximate surface area is 114 Å². The quantitative estimate of drug-likeness (QED) is 0.497. The number of hydrogen-bond donors (Lipinski definition) is 1. The Hall–Kier alpha value is -2.52. The van der Waals surface area contributed by atoms with E-state index in [-0.39, 0.29) is 5.69 Å². The second-order valence-electron chi connectivity index (χ2n) is 3.66. The van der Waals surface area contributed by atoms with E-state index < -0.39 is 16.2 Å². The highest BCUT2D eigenvalue weighted by atomic mass is 32.2. The van der Waals surface area contributed by atoms with Crippen molar-refractivity contribution in [1.82, 2.24) is 8.96 Å². The van der Waals surface area contributed by atoms with Crippen molar-refractivity contribution in [3.8, 4) is 11.1 Å². The molecule has 0 aliphatic rings. The zero-order chi connectivity index (χ0) is 14.8. The molecule has 2 heterocycles. The van der Waals surface area contributed by atoms with Crippen LogP contribution in [0, 0.1) is 0 Å². The van der Waals surface area contributed by atoms with E-state index in [2.05, 4.69) is 21.7 Å².